The quantitative estimate of drug-likeness (QED) is 0.774. The molecular formula is C10H12N4O4. The molecule has 0 saturated heterocycles. The molecule has 0 spiro atoms. The van der Waals surface area contributed by atoms with Gasteiger partial charge in [0.1, 0.15) is 0 Å². The van der Waals surface area contributed by atoms with Crippen LogP contribution in [-0.2, 0) is 13.1 Å². The van der Waals surface area contributed by atoms with Gasteiger partial charge in [0.15, 0.2) is 11.2 Å². The summed E-state index contributed by atoms with van der Waals surface area (Å²) in [6.07, 6.45) is 0. The topological polar surface area (TPSA) is 110 Å². The van der Waals surface area contributed by atoms with E-state index < -0.39 is 17.2 Å². The molecule has 2 heterocycles. The number of carboxylic acids is 1. The van der Waals surface area contributed by atoms with Gasteiger partial charge < -0.3 is 9.67 Å². The van der Waals surface area contributed by atoms with E-state index in [0.717, 1.165) is 0 Å². The summed E-state index contributed by atoms with van der Waals surface area (Å²) >= 11 is 0. The Morgan fingerprint density at radius 2 is 1.89 bits per heavy atom. The number of imidazole rings is 1. The number of carbonyl (C=O) groups is 1. The van der Waals surface area contributed by atoms with Gasteiger partial charge in [0.2, 0.25) is 5.82 Å². The van der Waals surface area contributed by atoms with Crippen LogP contribution in [0.1, 0.15) is 24.5 Å². The van der Waals surface area contributed by atoms with Gasteiger partial charge in [0.25, 0.3) is 5.56 Å². The molecule has 0 aliphatic heterocycles. The summed E-state index contributed by atoms with van der Waals surface area (Å²) in [5.74, 6) is -1.48. The fourth-order valence-corrected chi connectivity index (χ4v) is 1.94. The molecule has 0 fully saturated rings. The Morgan fingerprint density at radius 1 is 1.28 bits per heavy atom. The zero-order chi connectivity index (χ0) is 13.4. The Balaban J connectivity index is 3.05. The van der Waals surface area contributed by atoms with Crippen molar-refractivity contribution >= 4 is 17.1 Å². The van der Waals surface area contributed by atoms with Gasteiger partial charge in [-0.3, -0.25) is 14.3 Å². The molecule has 8 heteroatoms. The van der Waals surface area contributed by atoms with Gasteiger partial charge in [0, 0.05) is 13.1 Å². The third kappa shape index (κ3) is 1.53. The van der Waals surface area contributed by atoms with Crippen molar-refractivity contribution in [2.45, 2.75) is 26.9 Å². The van der Waals surface area contributed by atoms with Gasteiger partial charge in [-0.1, -0.05) is 0 Å². The van der Waals surface area contributed by atoms with E-state index in [1.807, 2.05) is 0 Å². The summed E-state index contributed by atoms with van der Waals surface area (Å²) in [6.45, 7) is 3.99. The summed E-state index contributed by atoms with van der Waals surface area (Å²) < 4.78 is 2.51. The molecule has 8 nitrogen and oxygen atoms in total. The van der Waals surface area contributed by atoms with Crippen LogP contribution in [0.4, 0.5) is 0 Å². The van der Waals surface area contributed by atoms with Crippen molar-refractivity contribution in [3.63, 3.8) is 0 Å². The summed E-state index contributed by atoms with van der Waals surface area (Å²) in [4.78, 5) is 40.4. The largest absolute Gasteiger partial charge is 0.475 e. The normalized spacial score (nSPS) is 11.0. The molecule has 0 aromatic carbocycles. The highest BCUT2D eigenvalue weighted by Crippen LogP contribution is 2.11. The Bertz CT molecular complexity index is 737. The first-order valence-corrected chi connectivity index (χ1v) is 5.47. The van der Waals surface area contributed by atoms with E-state index in [9.17, 15) is 14.4 Å². The number of aromatic nitrogens is 4. The zero-order valence-electron chi connectivity index (χ0n) is 9.93. The molecule has 2 N–H and O–H groups in total. The number of hydrogen-bond acceptors (Lipinski definition) is 4. The molecule has 2 aromatic rings. The fourth-order valence-electron chi connectivity index (χ4n) is 1.94. The highest BCUT2D eigenvalue weighted by molar-refractivity contribution is 5.88. The number of H-pyrrole nitrogens is 1. The second-order valence-corrected chi connectivity index (χ2v) is 3.66. The second-order valence-electron chi connectivity index (χ2n) is 3.66. The van der Waals surface area contributed by atoms with Gasteiger partial charge in [-0.25, -0.2) is 14.6 Å². The standard InChI is InChI=1S/C10H12N4O4/c1-3-13-5-6(11-7(13)9(16)17)14(4-2)10(18)12-8(5)15/h3-4H2,1-2H3,(H,16,17)(H,12,15,18). The molecule has 0 saturated carbocycles. The van der Waals surface area contributed by atoms with Gasteiger partial charge in [-0.2, -0.15) is 0 Å². The van der Waals surface area contributed by atoms with Gasteiger partial charge in [-0.05, 0) is 13.8 Å². The van der Waals surface area contributed by atoms with E-state index in [0.29, 0.717) is 6.54 Å². The van der Waals surface area contributed by atoms with E-state index in [1.165, 1.54) is 9.13 Å². The van der Waals surface area contributed by atoms with E-state index in [2.05, 4.69) is 9.97 Å². The minimum Gasteiger partial charge on any atom is -0.475 e. The number of aromatic carboxylic acids is 1. The summed E-state index contributed by atoms with van der Waals surface area (Å²) in [5, 5.41) is 9.04. The van der Waals surface area contributed by atoms with Crippen molar-refractivity contribution in [1.29, 1.82) is 0 Å². The Morgan fingerprint density at radius 3 is 2.39 bits per heavy atom. The average molecular weight is 252 g/mol. The lowest BCUT2D eigenvalue weighted by molar-refractivity contribution is 0.0679. The first-order valence-electron chi connectivity index (χ1n) is 5.47. The van der Waals surface area contributed by atoms with Gasteiger partial charge in [0.05, 0.1) is 0 Å². The zero-order valence-corrected chi connectivity index (χ0v) is 9.93. The van der Waals surface area contributed by atoms with Crippen LogP contribution in [0.2, 0.25) is 0 Å². The molecule has 0 aliphatic carbocycles. The molecule has 2 rings (SSSR count). The predicted molar refractivity (Wildman–Crippen MR) is 62.9 cm³/mol. The fraction of sp³-hybridized carbons (Fsp3) is 0.400. The smallest absolute Gasteiger partial charge is 0.372 e. The van der Waals surface area contributed by atoms with Gasteiger partial charge >= 0.3 is 11.7 Å². The number of carboxylic acid groups (broad SMARTS) is 1. The lowest BCUT2D eigenvalue weighted by Gasteiger charge is -2.03. The molecule has 0 unspecified atom stereocenters. The lowest BCUT2D eigenvalue weighted by Crippen LogP contribution is -2.30. The van der Waals surface area contributed by atoms with Crippen LogP contribution in [0, 0.1) is 0 Å². The third-order valence-corrected chi connectivity index (χ3v) is 2.71. The first kappa shape index (κ1) is 12.1. The monoisotopic (exact) mass is 252 g/mol. The highest BCUT2D eigenvalue weighted by Gasteiger charge is 2.20. The summed E-state index contributed by atoms with van der Waals surface area (Å²) in [7, 11) is 0. The van der Waals surface area contributed by atoms with Crippen molar-refractivity contribution in [2.75, 3.05) is 0 Å². The Hall–Kier alpha value is -2.38. The van der Waals surface area contributed by atoms with E-state index in [-0.39, 0.29) is 23.5 Å². The predicted octanol–water partition coefficient (Wildman–Crippen LogP) is -0.376. The average Bonchev–Trinajstić information content (AvgIpc) is 2.69. The number of aryl methyl sites for hydroxylation is 2. The number of aromatic amines is 1. The Kier molecular flexibility index (Phi) is 2.77. The first-order chi connectivity index (χ1) is 8.51. The molecule has 0 atom stereocenters. The van der Waals surface area contributed by atoms with E-state index >= 15 is 0 Å². The van der Waals surface area contributed by atoms with Crippen LogP contribution in [-0.4, -0.2) is 30.2 Å². The molecule has 0 radical (unpaired) electrons. The van der Waals surface area contributed by atoms with E-state index in [1.54, 1.807) is 13.8 Å². The lowest BCUT2D eigenvalue weighted by atomic mass is 10.5. The molecule has 0 aliphatic rings. The highest BCUT2D eigenvalue weighted by atomic mass is 16.4. The van der Waals surface area contributed by atoms with Crippen molar-refractivity contribution in [3.8, 4) is 0 Å². The van der Waals surface area contributed by atoms with Crippen molar-refractivity contribution in [3.05, 3.63) is 26.7 Å². The maximum absolute atomic E-state index is 11.8. The number of rotatable bonds is 3. The van der Waals surface area contributed by atoms with Crippen molar-refractivity contribution < 1.29 is 9.90 Å². The summed E-state index contributed by atoms with van der Waals surface area (Å²) in [5.41, 5.74) is -1.00. The SMILES string of the molecule is CCn1c(C(=O)O)nc2c1c(=O)[nH]c(=O)n2CC. The maximum atomic E-state index is 11.8. The van der Waals surface area contributed by atoms with Crippen LogP contribution in [0.5, 0.6) is 0 Å². The minimum atomic E-state index is -1.23. The van der Waals surface area contributed by atoms with Gasteiger partial charge in [-0.15, -0.1) is 0 Å². The van der Waals surface area contributed by atoms with Crippen LogP contribution >= 0.6 is 0 Å². The van der Waals surface area contributed by atoms with Crippen molar-refractivity contribution in [1.82, 2.24) is 19.1 Å². The molecular weight excluding hydrogens is 240 g/mol. The van der Waals surface area contributed by atoms with Crippen LogP contribution in [0.25, 0.3) is 11.2 Å². The van der Waals surface area contributed by atoms with E-state index in [4.69, 9.17) is 5.11 Å². The minimum absolute atomic E-state index is 0.102. The molecule has 18 heavy (non-hydrogen) atoms. The van der Waals surface area contributed by atoms with Crippen molar-refractivity contribution in [2.24, 2.45) is 0 Å². The molecule has 96 valence electrons. The third-order valence-electron chi connectivity index (χ3n) is 2.71. The summed E-state index contributed by atoms with van der Waals surface area (Å²) in [6, 6.07) is 0. The second kappa shape index (κ2) is 4.13. The number of nitrogens with zero attached hydrogens (tertiary/aromatic N) is 3. The number of hydrogen-bond donors (Lipinski definition) is 2. The molecule has 2 aromatic heterocycles. The molecule has 0 bridgehead atoms. The molecule has 0 amide bonds. The number of fused-ring (bicyclic) bond motifs is 1. The van der Waals surface area contributed by atoms with Crippen LogP contribution in [0.3, 0.4) is 0 Å². The Labute approximate surface area is 101 Å². The van der Waals surface area contributed by atoms with Crippen LogP contribution in [0.15, 0.2) is 9.59 Å². The maximum Gasteiger partial charge on any atom is 0.372 e. The number of nitrogens with one attached hydrogen (secondary N) is 1. The van der Waals surface area contributed by atoms with Crippen LogP contribution < -0.4 is 11.2 Å².